The van der Waals surface area contributed by atoms with Gasteiger partial charge in [-0.2, -0.15) is 13.2 Å². The lowest BCUT2D eigenvalue weighted by Gasteiger charge is -2.14. The molecule has 0 saturated heterocycles. The number of anilines is 1. The quantitative estimate of drug-likeness (QED) is 0.299. The number of carbonyl (C=O) groups excluding carboxylic acids is 2. The van der Waals surface area contributed by atoms with E-state index in [4.69, 9.17) is 27.9 Å². The number of alkyl halides is 3. The molecule has 1 N–H and O–H groups in total. The van der Waals surface area contributed by atoms with Gasteiger partial charge in [-0.25, -0.2) is 9.97 Å². The van der Waals surface area contributed by atoms with E-state index in [0.29, 0.717) is 25.9 Å². The SMILES string of the molecule is C[C@H](OC(=O)Cn1c(C(F)(F)F)nc2ccccc21)C(=O)Nc1nc(-c2ccc(Cl)c(Cl)c2)cs1. The number of nitrogens with zero attached hydrogens (tertiary/aromatic N) is 3. The molecule has 0 spiro atoms. The minimum absolute atomic E-state index is 0.0833. The minimum Gasteiger partial charge on any atom is -0.451 e. The molecular formula is C22H15Cl2F3N4O3S. The fourth-order valence-corrected chi connectivity index (χ4v) is 4.22. The van der Waals surface area contributed by atoms with Crippen LogP contribution in [-0.4, -0.2) is 32.5 Å². The molecule has 0 saturated carbocycles. The molecule has 4 rings (SSSR count). The summed E-state index contributed by atoms with van der Waals surface area (Å²) in [6.45, 7) is 0.531. The van der Waals surface area contributed by atoms with Crippen LogP contribution >= 0.6 is 34.5 Å². The number of aromatic nitrogens is 3. The van der Waals surface area contributed by atoms with Gasteiger partial charge in [0, 0.05) is 10.9 Å². The molecule has 13 heteroatoms. The zero-order valence-electron chi connectivity index (χ0n) is 17.8. The number of nitrogens with one attached hydrogen (secondary N) is 1. The minimum atomic E-state index is -4.78. The van der Waals surface area contributed by atoms with Crippen molar-refractivity contribution in [3.63, 3.8) is 0 Å². The smallest absolute Gasteiger partial charge is 0.449 e. The largest absolute Gasteiger partial charge is 0.451 e. The fourth-order valence-electron chi connectivity index (χ4n) is 3.20. The third kappa shape index (κ3) is 5.58. The van der Waals surface area contributed by atoms with Crippen molar-refractivity contribution in [2.75, 3.05) is 5.32 Å². The molecule has 1 atom stereocenters. The van der Waals surface area contributed by atoms with Crippen molar-refractivity contribution in [1.82, 2.24) is 14.5 Å². The highest BCUT2D eigenvalue weighted by Gasteiger charge is 2.38. The van der Waals surface area contributed by atoms with E-state index in [1.807, 2.05) is 0 Å². The van der Waals surface area contributed by atoms with E-state index >= 15 is 0 Å². The molecule has 0 aliphatic heterocycles. The third-order valence-electron chi connectivity index (χ3n) is 4.82. The predicted octanol–water partition coefficient (Wildman–Crippen LogP) is 6.06. The Kier molecular flexibility index (Phi) is 7.02. The van der Waals surface area contributed by atoms with Gasteiger partial charge in [-0.05, 0) is 31.2 Å². The van der Waals surface area contributed by atoms with Crippen LogP contribution in [0.3, 0.4) is 0 Å². The average molecular weight is 543 g/mol. The fraction of sp³-hybridized carbons (Fsp3) is 0.182. The lowest BCUT2D eigenvalue weighted by Crippen LogP contribution is -2.31. The summed E-state index contributed by atoms with van der Waals surface area (Å²) in [5.74, 6) is -2.96. The molecule has 35 heavy (non-hydrogen) atoms. The summed E-state index contributed by atoms with van der Waals surface area (Å²) in [6.07, 6.45) is -6.07. The summed E-state index contributed by atoms with van der Waals surface area (Å²) in [7, 11) is 0. The topological polar surface area (TPSA) is 86.1 Å². The third-order valence-corrected chi connectivity index (χ3v) is 6.32. The standard InChI is InChI=1S/C22H15Cl2F3N4O3S/c1-11(19(33)30-21-29-16(10-35-21)12-6-7-13(23)14(24)8-12)34-18(32)9-31-17-5-3-2-4-15(17)28-20(31)22(25,26)27/h2-8,10-11H,9H2,1H3,(H,29,30,33)/t11-/m0/s1. The number of imidazole rings is 1. The molecule has 1 amide bonds. The van der Waals surface area contributed by atoms with E-state index in [2.05, 4.69) is 15.3 Å². The highest BCUT2D eigenvalue weighted by Crippen LogP contribution is 2.32. The normalized spacial score (nSPS) is 12.5. The summed E-state index contributed by atoms with van der Waals surface area (Å²) >= 11 is 13.1. The number of hydrogen-bond donors (Lipinski definition) is 1. The first-order chi connectivity index (χ1) is 16.5. The van der Waals surface area contributed by atoms with Crippen molar-refractivity contribution in [2.24, 2.45) is 0 Å². The van der Waals surface area contributed by atoms with Crippen molar-refractivity contribution >= 4 is 62.6 Å². The lowest BCUT2D eigenvalue weighted by molar-refractivity contribution is -0.156. The van der Waals surface area contributed by atoms with Gasteiger partial charge in [0.05, 0.1) is 26.8 Å². The van der Waals surface area contributed by atoms with E-state index in [9.17, 15) is 22.8 Å². The van der Waals surface area contributed by atoms with Gasteiger partial charge in [-0.1, -0.05) is 41.4 Å². The Labute approximate surface area is 210 Å². The van der Waals surface area contributed by atoms with Gasteiger partial charge >= 0.3 is 12.1 Å². The van der Waals surface area contributed by atoms with Crippen LogP contribution in [-0.2, 0) is 27.0 Å². The number of esters is 1. The monoisotopic (exact) mass is 542 g/mol. The molecule has 2 aromatic carbocycles. The van der Waals surface area contributed by atoms with Crippen molar-refractivity contribution in [3.05, 3.63) is 63.7 Å². The van der Waals surface area contributed by atoms with Crippen LogP contribution in [0.1, 0.15) is 12.7 Å². The molecule has 7 nitrogen and oxygen atoms in total. The van der Waals surface area contributed by atoms with Gasteiger partial charge in [-0.15, -0.1) is 11.3 Å². The van der Waals surface area contributed by atoms with Gasteiger partial charge in [0.2, 0.25) is 5.82 Å². The summed E-state index contributed by atoms with van der Waals surface area (Å²) in [4.78, 5) is 32.7. The summed E-state index contributed by atoms with van der Waals surface area (Å²) in [6, 6.07) is 10.8. The van der Waals surface area contributed by atoms with Crippen LogP contribution in [0.2, 0.25) is 10.0 Å². The zero-order chi connectivity index (χ0) is 25.3. The van der Waals surface area contributed by atoms with Crippen LogP contribution in [0.15, 0.2) is 47.8 Å². The highest BCUT2D eigenvalue weighted by molar-refractivity contribution is 7.14. The van der Waals surface area contributed by atoms with E-state index in [1.165, 1.54) is 31.2 Å². The maximum atomic E-state index is 13.4. The number of thiazole rings is 1. The Bertz CT molecular complexity index is 1420. The first-order valence-corrected chi connectivity index (χ1v) is 11.6. The Hall–Kier alpha value is -3.15. The van der Waals surface area contributed by atoms with Gasteiger partial charge in [0.1, 0.15) is 6.54 Å². The van der Waals surface area contributed by atoms with Crippen LogP contribution in [0.5, 0.6) is 0 Å². The van der Waals surface area contributed by atoms with E-state index in [-0.39, 0.29) is 16.2 Å². The number of amides is 1. The molecule has 0 fully saturated rings. The molecule has 2 aromatic heterocycles. The summed E-state index contributed by atoms with van der Waals surface area (Å²) in [5.41, 5.74) is 1.43. The van der Waals surface area contributed by atoms with Crippen LogP contribution in [0.25, 0.3) is 22.3 Å². The Morgan fingerprint density at radius 3 is 2.60 bits per heavy atom. The Morgan fingerprint density at radius 2 is 1.89 bits per heavy atom. The number of para-hydroxylation sites is 2. The van der Waals surface area contributed by atoms with Gasteiger partial charge in [0.15, 0.2) is 11.2 Å². The average Bonchev–Trinajstić information content (AvgIpc) is 3.40. The second kappa shape index (κ2) is 9.84. The van der Waals surface area contributed by atoms with Crippen molar-refractivity contribution in [3.8, 4) is 11.3 Å². The first-order valence-electron chi connectivity index (χ1n) is 9.96. The molecule has 0 radical (unpaired) electrons. The number of fused-ring (bicyclic) bond motifs is 1. The number of rotatable bonds is 6. The number of carbonyl (C=O) groups is 2. The number of hydrogen-bond acceptors (Lipinski definition) is 6. The second-order valence-electron chi connectivity index (χ2n) is 7.30. The molecule has 0 bridgehead atoms. The summed E-state index contributed by atoms with van der Waals surface area (Å²) in [5, 5.41) is 5.18. The molecule has 182 valence electrons. The molecule has 0 aliphatic carbocycles. The summed E-state index contributed by atoms with van der Waals surface area (Å²) < 4.78 is 46.0. The van der Waals surface area contributed by atoms with Crippen molar-refractivity contribution in [2.45, 2.75) is 25.7 Å². The molecule has 2 heterocycles. The number of benzene rings is 2. The van der Waals surface area contributed by atoms with Crippen molar-refractivity contribution in [1.29, 1.82) is 0 Å². The molecular weight excluding hydrogens is 528 g/mol. The number of halogens is 5. The second-order valence-corrected chi connectivity index (χ2v) is 8.97. The number of ether oxygens (including phenoxy) is 1. The van der Waals surface area contributed by atoms with Crippen molar-refractivity contribution < 1.29 is 27.5 Å². The van der Waals surface area contributed by atoms with Gasteiger partial charge in [0.25, 0.3) is 5.91 Å². The van der Waals surface area contributed by atoms with Crippen LogP contribution < -0.4 is 5.32 Å². The zero-order valence-corrected chi connectivity index (χ0v) is 20.1. The first kappa shape index (κ1) is 25.0. The maximum absolute atomic E-state index is 13.4. The van der Waals surface area contributed by atoms with E-state index < -0.39 is 36.5 Å². The molecule has 0 aliphatic rings. The van der Waals surface area contributed by atoms with Crippen LogP contribution in [0.4, 0.5) is 18.3 Å². The van der Waals surface area contributed by atoms with E-state index in [0.717, 1.165) is 11.3 Å². The van der Waals surface area contributed by atoms with E-state index in [1.54, 1.807) is 23.6 Å². The highest BCUT2D eigenvalue weighted by atomic mass is 35.5. The Balaban J connectivity index is 1.42. The van der Waals surface area contributed by atoms with Gasteiger partial charge < -0.3 is 9.30 Å². The Morgan fingerprint density at radius 1 is 1.14 bits per heavy atom. The molecule has 4 aromatic rings. The van der Waals surface area contributed by atoms with Gasteiger partial charge in [-0.3, -0.25) is 14.9 Å². The molecule has 0 unspecified atom stereocenters. The lowest BCUT2D eigenvalue weighted by atomic mass is 10.2. The van der Waals surface area contributed by atoms with Crippen LogP contribution in [0, 0.1) is 0 Å². The maximum Gasteiger partial charge on any atom is 0.449 e. The predicted molar refractivity (Wildman–Crippen MR) is 126 cm³/mol.